The first kappa shape index (κ1) is 16.9. The SMILES string of the molecule is CC(C)(C)c1ccc(NC(=O)[C@@H]2CCCN(C(=O)C3CC3)C2)nn1. The van der Waals surface area contributed by atoms with E-state index in [1.165, 1.54) is 0 Å². The smallest absolute Gasteiger partial charge is 0.230 e. The number of likely N-dealkylation sites (tertiary alicyclic amines) is 1. The van der Waals surface area contributed by atoms with Crippen molar-refractivity contribution >= 4 is 17.6 Å². The average Bonchev–Trinajstić information content (AvgIpc) is 3.39. The Morgan fingerprint density at radius 2 is 1.88 bits per heavy atom. The minimum atomic E-state index is -0.162. The number of aromatic nitrogens is 2. The van der Waals surface area contributed by atoms with Crippen molar-refractivity contribution < 1.29 is 9.59 Å². The number of carbonyl (C=O) groups excluding carboxylic acids is 2. The van der Waals surface area contributed by atoms with Gasteiger partial charge in [0.2, 0.25) is 11.8 Å². The van der Waals surface area contributed by atoms with Crippen molar-refractivity contribution in [2.75, 3.05) is 18.4 Å². The molecular formula is C18H26N4O2. The maximum absolute atomic E-state index is 12.5. The van der Waals surface area contributed by atoms with E-state index in [1.54, 1.807) is 6.07 Å². The van der Waals surface area contributed by atoms with Crippen LogP contribution in [0.1, 0.15) is 52.1 Å². The number of amides is 2. The van der Waals surface area contributed by atoms with Gasteiger partial charge in [-0.15, -0.1) is 5.10 Å². The molecule has 6 heteroatoms. The summed E-state index contributed by atoms with van der Waals surface area (Å²) in [5.41, 5.74) is 0.821. The lowest BCUT2D eigenvalue weighted by molar-refractivity contribution is -0.135. The molecule has 1 atom stereocenters. The fraction of sp³-hybridized carbons (Fsp3) is 0.667. The van der Waals surface area contributed by atoms with E-state index < -0.39 is 0 Å². The van der Waals surface area contributed by atoms with Gasteiger partial charge in [-0.25, -0.2) is 0 Å². The highest BCUT2D eigenvalue weighted by atomic mass is 16.2. The third-order valence-electron chi connectivity index (χ3n) is 4.71. The number of nitrogens with one attached hydrogen (secondary N) is 1. The third kappa shape index (κ3) is 3.91. The molecule has 1 saturated carbocycles. The topological polar surface area (TPSA) is 75.2 Å². The number of nitrogens with zero attached hydrogens (tertiary/aromatic N) is 3. The van der Waals surface area contributed by atoms with Gasteiger partial charge in [0.15, 0.2) is 5.82 Å². The Hall–Kier alpha value is -1.98. The molecule has 2 heterocycles. The van der Waals surface area contributed by atoms with Gasteiger partial charge in [-0.2, -0.15) is 5.10 Å². The molecule has 0 radical (unpaired) electrons. The van der Waals surface area contributed by atoms with Crippen LogP contribution >= 0.6 is 0 Å². The van der Waals surface area contributed by atoms with E-state index in [1.807, 2.05) is 11.0 Å². The van der Waals surface area contributed by atoms with Crippen molar-refractivity contribution in [3.8, 4) is 0 Å². The Bertz CT molecular complexity index is 617. The summed E-state index contributed by atoms with van der Waals surface area (Å²) >= 11 is 0. The van der Waals surface area contributed by atoms with Gasteiger partial charge < -0.3 is 10.2 Å². The van der Waals surface area contributed by atoms with Gasteiger partial charge >= 0.3 is 0 Å². The molecule has 1 aliphatic carbocycles. The Morgan fingerprint density at radius 1 is 1.12 bits per heavy atom. The summed E-state index contributed by atoms with van der Waals surface area (Å²) in [5, 5.41) is 11.1. The van der Waals surface area contributed by atoms with E-state index in [0.717, 1.165) is 37.9 Å². The fourth-order valence-corrected chi connectivity index (χ4v) is 3.01. The number of hydrogen-bond donors (Lipinski definition) is 1. The Kier molecular flexibility index (Phi) is 4.56. The number of carbonyl (C=O) groups is 2. The van der Waals surface area contributed by atoms with Crippen LogP contribution in [0.25, 0.3) is 0 Å². The molecule has 2 amide bonds. The highest BCUT2D eigenvalue weighted by Gasteiger charge is 2.36. The van der Waals surface area contributed by atoms with E-state index in [2.05, 4.69) is 36.3 Å². The van der Waals surface area contributed by atoms with E-state index in [9.17, 15) is 9.59 Å². The first-order valence-corrected chi connectivity index (χ1v) is 8.78. The zero-order chi connectivity index (χ0) is 17.3. The van der Waals surface area contributed by atoms with Crippen LogP contribution in [-0.4, -0.2) is 40.0 Å². The van der Waals surface area contributed by atoms with Crippen LogP contribution in [0.5, 0.6) is 0 Å². The predicted octanol–water partition coefficient (Wildman–Crippen LogP) is 2.36. The van der Waals surface area contributed by atoms with E-state index >= 15 is 0 Å². The summed E-state index contributed by atoms with van der Waals surface area (Å²) < 4.78 is 0. The van der Waals surface area contributed by atoms with E-state index in [0.29, 0.717) is 12.4 Å². The molecule has 130 valence electrons. The normalized spacial score (nSPS) is 21.5. The van der Waals surface area contributed by atoms with Gasteiger partial charge in [0.05, 0.1) is 11.6 Å². The molecule has 2 aliphatic rings. The zero-order valence-electron chi connectivity index (χ0n) is 14.7. The first-order valence-electron chi connectivity index (χ1n) is 8.78. The number of hydrogen-bond acceptors (Lipinski definition) is 4. The summed E-state index contributed by atoms with van der Waals surface area (Å²) in [6.07, 6.45) is 3.70. The van der Waals surface area contributed by atoms with Crippen molar-refractivity contribution in [2.24, 2.45) is 11.8 Å². The summed E-state index contributed by atoms with van der Waals surface area (Å²) in [6.45, 7) is 7.52. The molecular weight excluding hydrogens is 304 g/mol. The molecule has 0 aromatic carbocycles. The fourth-order valence-electron chi connectivity index (χ4n) is 3.01. The highest BCUT2D eigenvalue weighted by Crippen LogP contribution is 2.32. The Morgan fingerprint density at radius 3 is 2.46 bits per heavy atom. The molecule has 1 aromatic rings. The number of anilines is 1. The lowest BCUT2D eigenvalue weighted by Crippen LogP contribution is -2.44. The van der Waals surface area contributed by atoms with Gasteiger partial charge in [0, 0.05) is 24.4 Å². The van der Waals surface area contributed by atoms with Crippen molar-refractivity contribution in [1.29, 1.82) is 0 Å². The maximum Gasteiger partial charge on any atom is 0.230 e. The van der Waals surface area contributed by atoms with Gasteiger partial charge in [-0.05, 0) is 37.8 Å². The largest absolute Gasteiger partial charge is 0.342 e. The van der Waals surface area contributed by atoms with Crippen LogP contribution in [0.15, 0.2) is 12.1 Å². The summed E-state index contributed by atoms with van der Waals surface area (Å²) in [4.78, 5) is 26.5. The predicted molar refractivity (Wildman–Crippen MR) is 91.4 cm³/mol. The molecule has 2 fully saturated rings. The average molecular weight is 330 g/mol. The third-order valence-corrected chi connectivity index (χ3v) is 4.71. The Labute approximate surface area is 143 Å². The minimum absolute atomic E-state index is 0.0669. The van der Waals surface area contributed by atoms with E-state index in [4.69, 9.17) is 0 Å². The van der Waals surface area contributed by atoms with Crippen molar-refractivity contribution in [3.05, 3.63) is 17.8 Å². The van der Waals surface area contributed by atoms with Gasteiger partial charge in [0.1, 0.15) is 0 Å². The van der Waals surface area contributed by atoms with Crippen LogP contribution in [0.4, 0.5) is 5.82 Å². The zero-order valence-corrected chi connectivity index (χ0v) is 14.7. The molecule has 24 heavy (non-hydrogen) atoms. The molecule has 1 aliphatic heterocycles. The summed E-state index contributed by atoms with van der Waals surface area (Å²) in [7, 11) is 0. The van der Waals surface area contributed by atoms with Gasteiger partial charge in [-0.3, -0.25) is 9.59 Å². The van der Waals surface area contributed by atoms with Crippen LogP contribution in [0, 0.1) is 11.8 Å². The molecule has 1 N–H and O–H groups in total. The van der Waals surface area contributed by atoms with Crippen molar-refractivity contribution in [1.82, 2.24) is 15.1 Å². The van der Waals surface area contributed by atoms with Crippen molar-refractivity contribution in [3.63, 3.8) is 0 Å². The molecule has 1 saturated heterocycles. The molecule has 6 nitrogen and oxygen atoms in total. The molecule has 0 spiro atoms. The van der Waals surface area contributed by atoms with Gasteiger partial charge in [0.25, 0.3) is 0 Å². The lowest BCUT2D eigenvalue weighted by atomic mass is 9.92. The standard InChI is InChI=1S/C18H26N4O2/c1-18(2,3)14-8-9-15(21-20-14)19-16(23)13-5-4-10-22(11-13)17(24)12-6-7-12/h8-9,12-13H,4-7,10-11H2,1-3H3,(H,19,21,23)/t13-/m1/s1. The van der Waals surface area contributed by atoms with Crippen LogP contribution in [0.2, 0.25) is 0 Å². The van der Waals surface area contributed by atoms with Gasteiger partial charge in [-0.1, -0.05) is 20.8 Å². The maximum atomic E-state index is 12.5. The molecule has 3 rings (SSSR count). The van der Waals surface area contributed by atoms with Crippen LogP contribution in [-0.2, 0) is 15.0 Å². The highest BCUT2D eigenvalue weighted by molar-refractivity contribution is 5.92. The molecule has 1 aromatic heterocycles. The quantitative estimate of drug-likeness (QED) is 0.923. The monoisotopic (exact) mass is 330 g/mol. The van der Waals surface area contributed by atoms with Crippen LogP contribution in [0.3, 0.4) is 0 Å². The second-order valence-electron chi connectivity index (χ2n) is 7.94. The summed E-state index contributed by atoms with van der Waals surface area (Å²) in [5.74, 6) is 0.676. The van der Waals surface area contributed by atoms with E-state index in [-0.39, 0.29) is 29.1 Å². The molecule has 0 unspecified atom stereocenters. The lowest BCUT2D eigenvalue weighted by Gasteiger charge is -2.32. The Balaban J connectivity index is 1.58. The van der Waals surface area contributed by atoms with Crippen LogP contribution < -0.4 is 5.32 Å². The number of rotatable bonds is 3. The summed E-state index contributed by atoms with van der Waals surface area (Å²) in [6, 6.07) is 3.69. The second-order valence-corrected chi connectivity index (χ2v) is 7.94. The molecule has 0 bridgehead atoms. The second kappa shape index (κ2) is 6.49. The van der Waals surface area contributed by atoms with Crippen molar-refractivity contribution in [2.45, 2.75) is 51.9 Å². The minimum Gasteiger partial charge on any atom is -0.342 e. The number of piperidine rings is 1. The first-order chi connectivity index (χ1) is 11.3.